The molecule has 6 heteroatoms. The number of hydrogen-bond acceptors (Lipinski definition) is 4. The third-order valence-corrected chi connectivity index (χ3v) is 4.88. The van der Waals surface area contributed by atoms with Gasteiger partial charge in [0.1, 0.15) is 17.2 Å². The van der Waals surface area contributed by atoms with Crippen molar-refractivity contribution in [2.75, 3.05) is 6.54 Å². The molecular formula is C19H22FN5. The minimum atomic E-state index is -0.254. The maximum atomic E-state index is 14.1. The molecule has 1 aliphatic rings. The molecule has 0 aliphatic carbocycles. The smallest absolute Gasteiger partial charge is 0.151 e. The number of nitrogens with zero attached hydrogens (tertiary/aromatic N) is 5. The van der Waals surface area contributed by atoms with Crippen molar-refractivity contribution < 1.29 is 4.39 Å². The third kappa shape index (κ3) is 2.91. The lowest BCUT2D eigenvalue weighted by Gasteiger charge is -2.27. The van der Waals surface area contributed by atoms with Crippen molar-refractivity contribution >= 4 is 11.0 Å². The molecule has 0 N–H and O–H groups in total. The van der Waals surface area contributed by atoms with Gasteiger partial charge in [0.15, 0.2) is 5.82 Å². The molecule has 0 saturated heterocycles. The summed E-state index contributed by atoms with van der Waals surface area (Å²) in [6, 6.07) is 5.15. The van der Waals surface area contributed by atoms with E-state index in [0.717, 1.165) is 55.3 Å². The number of aryl methyl sites for hydroxylation is 2. The van der Waals surface area contributed by atoms with Crippen LogP contribution in [0.1, 0.15) is 36.8 Å². The van der Waals surface area contributed by atoms with Crippen LogP contribution in [0.4, 0.5) is 4.39 Å². The molecule has 130 valence electrons. The second-order valence-corrected chi connectivity index (χ2v) is 6.45. The van der Waals surface area contributed by atoms with E-state index < -0.39 is 0 Å². The van der Waals surface area contributed by atoms with Gasteiger partial charge in [0.05, 0.1) is 17.8 Å². The Bertz CT molecular complexity index is 918. The molecule has 5 nitrogen and oxygen atoms in total. The molecule has 0 saturated carbocycles. The zero-order valence-corrected chi connectivity index (χ0v) is 14.7. The van der Waals surface area contributed by atoms with Gasteiger partial charge in [0.25, 0.3) is 0 Å². The summed E-state index contributed by atoms with van der Waals surface area (Å²) >= 11 is 0. The van der Waals surface area contributed by atoms with Gasteiger partial charge in [-0.3, -0.25) is 4.90 Å². The summed E-state index contributed by atoms with van der Waals surface area (Å²) in [7, 11) is 0. The lowest BCUT2D eigenvalue weighted by Crippen LogP contribution is -2.32. The van der Waals surface area contributed by atoms with Crippen LogP contribution in [0, 0.1) is 5.82 Å². The first-order valence-electron chi connectivity index (χ1n) is 8.89. The molecule has 1 aromatic carbocycles. The quantitative estimate of drug-likeness (QED) is 0.733. The van der Waals surface area contributed by atoms with Gasteiger partial charge in [-0.25, -0.2) is 19.3 Å². The molecule has 0 amide bonds. The highest BCUT2D eigenvalue weighted by Gasteiger charge is 2.21. The molecule has 1 aliphatic heterocycles. The van der Waals surface area contributed by atoms with Crippen molar-refractivity contribution in [2.24, 2.45) is 0 Å². The van der Waals surface area contributed by atoms with Crippen LogP contribution in [0.25, 0.3) is 11.0 Å². The number of para-hydroxylation sites is 1. The summed E-state index contributed by atoms with van der Waals surface area (Å²) in [5.74, 6) is 1.55. The van der Waals surface area contributed by atoms with Crippen molar-refractivity contribution in [3.05, 3.63) is 53.1 Å². The Kier molecular flexibility index (Phi) is 4.21. The van der Waals surface area contributed by atoms with E-state index in [4.69, 9.17) is 0 Å². The van der Waals surface area contributed by atoms with Gasteiger partial charge >= 0.3 is 0 Å². The normalized spacial score (nSPS) is 14.8. The van der Waals surface area contributed by atoms with Gasteiger partial charge < -0.3 is 4.57 Å². The fourth-order valence-corrected chi connectivity index (χ4v) is 3.54. The van der Waals surface area contributed by atoms with Crippen LogP contribution in [-0.4, -0.2) is 31.0 Å². The van der Waals surface area contributed by atoms with Gasteiger partial charge in [0, 0.05) is 32.3 Å². The molecule has 0 spiro atoms. The van der Waals surface area contributed by atoms with Crippen LogP contribution in [0.15, 0.2) is 24.4 Å². The summed E-state index contributed by atoms with van der Waals surface area (Å²) in [6.07, 6.45) is 3.76. The third-order valence-electron chi connectivity index (χ3n) is 4.88. The number of rotatable bonds is 4. The van der Waals surface area contributed by atoms with Crippen LogP contribution in [-0.2, 0) is 32.5 Å². The number of hydrogen-bond donors (Lipinski definition) is 0. The van der Waals surface area contributed by atoms with E-state index >= 15 is 0 Å². The topological polar surface area (TPSA) is 46.8 Å². The second-order valence-electron chi connectivity index (χ2n) is 6.45. The summed E-state index contributed by atoms with van der Waals surface area (Å²) in [4.78, 5) is 16.0. The number of fused-ring (bicyclic) bond motifs is 2. The zero-order valence-electron chi connectivity index (χ0n) is 14.7. The SMILES string of the molecule is CCc1ncc2c(n1)CN(Cc1nc3c(F)cccc3n1CC)CC2. The highest BCUT2D eigenvalue weighted by molar-refractivity contribution is 5.76. The van der Waals surface area contributed by atoms with Crippen molar-refractivity contribution in [3.63, 3.8) is 0 Å². The molecule has 0 radical (unpaired) electrons. The molecule has 0 unspecified atom stereocenters. The zero-order chi connectivity index (χ0) is 17.4. The predicted molar refractivity (Wildman–Crippen MR) is 94.6 cm³/mol. The van der Waals surface area contributed by atoms with Crippen molar-refractivity contribution in [1.82, 2.24) is 24.4 Å². The Morgan fingerprint density at radius 3 is 2.88 bits per heavy atom. The average Bonchev–Trinajstić information content (AvgIpc) is 2.99. The Hall–Kier alpha value is -2.34. The largest absolute Gasteiger partial charge is 0.327 e. The summed E-state index contributed by atoms with van der Waals surface area (Å²) in [5.41, 5.74) is 3.68. The molecule has 0 atom stereocenters. The van der Waals surface area contributed by atoms with Gasteiger partial charge in [0.2, 0.25) is 0 Å². The molecule has 0 fully saturated rings. The fourth-order valence-electron chi connectivity index (χ4n) is 3.54. The molecular weight excluding hydrogens is 317 g/mol. The van der Waals surface area contributed by atoms with E-state index in [1.54, 1.807) is 6.07 Å². The molecule has 25 heavy (non-hydrogen) atoms. The van der Waals surface area contributed by atoms with Crippen LogP contribution in [0.3, 0.4) is 0 Å². The molecule has 3 heterocycles. The average molecular weight is 339 g/mol. The molecule has 3 aromatic rings. The first-order chi connectivity index (χ1) is 12.2. The van der Waals surface area contributed by atoms with E-state index in [2.05, 4.69) is 38.3 Å². The van der Waals surface area contributed by atoms with Crippen LogP contribution in [0.5, 0.6) is 0 Å². The summed E-state index contributed by atoms with van der Waals surface area (Å²) < 4.78 is 16.2. The maximum absolute atomic E-state index is 14.1. The van der Waals surface area contributed by atoms with Crippen LogP contribution in [0.2, 0.25) is 0 Å². The Labute approximate surface area is 146 Å². The Balaban J connectivity index is 1.62. The van der Waals surface area contributed by atoms with E-state index in [1.165, 1.54) is 11.6 Å². The van der Waals surface area contributed by atoms with E-state index in [0.29, 0.717) is 12.1 Å². The first-order valence-corrected chi connectivity index (χ1v) is 8.89. The maximum Gasteiger partial charge on any atom is 0.151 e. The molecule has 2 aromatic heterocycles. The minimum absolute atomic E-state index is 0.254. The molecule has 0 bridgehead atoms. The standard InChI is InChI=1S/C19H22FN5/c1-3-17-21-10-13-8-9-24(11-15(13)22-17)12-18-23-19-14(20)6-5-7-16(19)25(18)4-2/h5-7,10H,3-4,8-9,11-12H2,1-2H3. The first kappa shape index (κ1) is 16.1. The fraction of sp³-hybridized carbons (Fsp3) is 0.421. The van der Waals surface area contributed by atoms with Gasteiger partial charge in [-0.2, -0.15) is 0 Å². The van der Waals surface area contributed by atoms with E-state index in [9.17, 15) is 4.39 Å². The monoisotopic (exact) mass is 339 g/mol. The number of benzene rings is 1. The second kappa shape index (κ2) is 6.52. The Morgan fingerprint density at radius 2 is 2.08 bits per heavy atom. The lowest BCUT2D eigenvalue weighted by atomic mass is 10.1. The summed E-state index contributed by atoms with van der Waals surface area (Å²) in [6.45, 7) is 7.36. The van der Waals surface area contributed by atoms with Crippen molar-refractivity contribution in [2.45, 2.75) is 46.3 Å². The summed E-state index contributed by atoms with van der Waals surface area (Å²) in [5, 5.41) is 0. The lowest BCUT2D eigenvalue weighted by molar-refractivity contribution is 0.232. The van der Waals surface area contributed by atoms with Crippen LogP contribution >= 0.6 is 0 Å². The Morgan fingerprint density at radius 1 is 1.20 bits per heavy atom. The van der Waals surface area contributed by atoms with E-state index in [-0.39, 0.29) is 5.82 Å². The highest BCUT2D eigenvalue weighted by atomic mass is 19.1. The van der Waals surface area contributed by atoms with Crippen molar-refractivity contribution in [3.8, 4) is 0 Å². The van der Waals surface area contributed by atoms with Gasteiger partial charge in [-0.15, -0.1) is 0 Å². The van der Waals surface area contributed by atoms with E-state index in [1.807, 2.05) is 12.3 Å². The van der Waals surface area contributed by atoms with Gasteiger partial charge in [-0.05, 0) is 31.0 Å². The molecule has 4 rings (SSSR count). The highest BCUT2D eigenvalue weighted by Crippen LogP contribution is 2.23. The number of halogens is 1. The van der Waals surface area contributed by atoms with Crippen LogP contribution < -0.4 is 0 Å². The van der Waals surface area contributed by atoms with Crippen molar-refractivity contribution in [1.29, 1.82) is 0 Å². The number of imidazole rings is 1. The predicted octanol–water partition coefficient (Wildman–Crippen LogP) is 3.11. The number of aromatic nitrogens is 4. The minimum Gasteiger partial charge on any atom is -0.327 e. The van der Waals surface area contributed by atoms with Gasteiger partial charge in [-0.1, -0.05) is 13.0 Å².